The fourth-order valence-electron chi connectivity index (χ4n) is 2.21. The van der Waals surface area contributed by atoms with Crippen LogP contribution in [0.25, 0.3) is 0 Å². The summed E-state index contributed by atoms with van der Waals surface area (Å²) in [5.41, 5.74) is 1.35. The van der Waals surface area contributed by atoms with Gasteiger partial charge in [-0.3, -0.25) is 14.4 Å². The fraction of sp³-hybridized carbons (Fsp3) is 0.250. The Kier molecular flexibility index (Phi) is 7.84. The van der Waals surface area contributed by atoms with Gasteiger partial charge in [0.25, 0.3) is 11.8 Å². The van der Waals surface area contributed by atoms with Crippen molar-refractivity contribution in [1.82, 2.24) is 10.6 Å². The van der Waals surface area contributed by atoms with Gasteiger partial charge in [0.15, 0.2) is 0 Å². The van der Waals surface area contributed by atoms with Gasteiger partial charge in [0, 0.05) is 35.3 Å². The summed E-state index contributed by atoms with van der Waals surface area (Å²) < 4.78 is 0. The van der Waals surface area contributed by atoms with E-state index in [9.17, 15) is 14.4 Å². The number of nitrogens with one attached hydrogen (secondary N) is 3. The first kappa shape index (κ1) is 21.7. The summed E-state index contributed by atoms with van der Waals surface area (Å²) in [5, 5.41) is 8.85. The molecule has 8 heteroatoms. The number of hydrogen-bond donors (Lipinski definition) is 3. The summed E-state index contributed by atoms with van der Waals surface area (Å²) in [6, 6.07) is 11.2. The summed E-state index contributed by atoms with van der Waals surface area (Å²) in [7, 11) is 0. The molecule has 0 heterocycles. The summed E-state index contributed by atoms with van der Waals surface area (Å²) in [6.07, 6.45) is 0. The monoisotopic (exact) mass is 421 g/mol. The maximum Gasteiger partial charge on any atom is 0.252 e. The lowest BCUT2D eigenvalue weighted by atomic mass is 10.1. The molecule has 0 aliphatic carbocycles. The van der Waals surface area contributed by atoms with Crippen LogP contribution in [0.3, 0.4) is 0 Å². The smallest absolute Gasteiger partial charge is 0.252 e. The number of hydrogen-bond acceptors (Lipinski definition) is 3. The lowest BCUT2D eigenvalue weighted by Gasteiger charge is -2.10. The summed E-state index contributed by atoms with van der Waals surface area (Å²) >= 11 is 11.8. The fourth-order valence-corrected chi connectivity index (χ4v) is 2.59. The summed E-state index contributed by atoms with van der Waals surface area (Å²) in [4.78, 5) is 35.9. The number of carbonyl (C=O) groups excluding carboxylic acids is 3. The predicted octanol–water partition coefficient (Wildman–Crippen LogP) is 3.75. The SMILES string of the molecule is CC(C)C(=O)Nc1ccc(C(=O)NCCNC(=O)c2cc(Cl)ccc2Cl)cc1. The zero-order chi connectivity index (χ0) is 20.7. The molecule has 0 atom stereocenters. The molecule has 6 nitrogen and oxygen atoms in total. The molecule has 0 aliphatic rings. The molecular weight excluding hydrogens is 401 g/mol. The van der Waals surface area contributed by atoms with Crippen molar-refractivity contribution in [2.45, 2.75) is 13.8 Å². The zero-order valence-electron chi connectivity index (χ0n) is 15.5. The third-order valence-electron chi connectivity index (χ3n) is 3.81. The third-order valence-corrected chi connectivity index (χ3v) is 4.37. The van der Waals surface area contributed by atoms with Gasteiger partial charge in [0.2, 0.25) is 5.91 Å². The molecule has 0 radical (unpaired) electrons. The average molecular weight is 422 g/mol. The molecule has 0 fully saturated rings. The zero-order valence-corrected chi connectivity index (χ0v) is 17.0. The maximum absolute atomic E-state index is 12.2. The van der Waals surface area contributed by atoms with Gasteiger partial charge in [0.05, 0.1) is 10.6 Å². The van der Waals surface area contributed by atoms with Crippen LogP contribution in [0.2, 0.25) is 10.0 Å². The largest absolute Gasteiger partial charge is 0.350 e. The van der Waals surface area contributed by atoms with Crippen molar-refractivity contribution in [2.75, 3.05) is 18.4 Å². The highest BCUT2D eigenvalue weighted by atomic mass is 35.5. The Morgan fingerprint density at radius 2 is 1.50 bits per heavy atom. The van der Waals surface area contributed by atoms with E-state index in [4.69, 9.17) is 23.2 Å². The van der Waals surface area contributed by atoms with Gasteiger partial charge < -0.3 is 16.0 Å². The topological polar surface area (TPSA) is 87.3 Å². The number of anilines is 1. The Bertz CT molecular complexity index is 867. The Morgan fingerprint density at radius 3 is 2.11 bits per heavy atom. The van der Waals surface area contributed by atoms with Gasteiger partial charge >= 0.3 is 0 Å². The normalized spacial score (nSPS) is 10.5. The van der Waals surface area contributed by atoms with Gasteiger partial charge in [-0.05, 0) is 42.5 Å². The highest BCUT2D eigenvalue weighted by Crippen LogP contribution is 2.20. The van der Waals surface area contributed by atoms with Gasteiger partial charge in [-0.1, -0.05) is 37.0 Å². The van der Waals surface area contributed by atoms with Crippen molar-refractivity contribution in [2.24, 2.45) is 5.92 Å². The van der Waals surface area contributed by atoms with Gasteiger partial charge in [-0.25, -0.2) is 0 Å². The Labute approximate surface area is 173 Å². The lowest BCUT2D eigenvalue weighted by Crippen LogP contribution is -2.34. The van der Waals surface area contributed by atoms with Crippen LogP contribution in [-0.2, 0) is 4.79 Å². The number of halogens is 2. The number of amides is 3. The molecule has 3 amide bonds. The first-order valence-corrected chi connectivity index (χ1v) is 9.46. The average Bonchev–Trinajstić information content (AvgIpc) is 2.67. The molecule has 0 aromatic heterocycles. The van der Waals surface area contributed by atoms with E-state index >= 15 is 0 Å². The van der Waals surface area contributed by atoms with E-state index in [-0.39, 0.29) is 42.3 Å². The first-order valence-electron chi connectivity index (χ1n) is 8.70. The van der Waals surface area contributed by atoms with Crippen molar-refractivity contribution in [1.29, 1.82) is 0 Å². The molecule has 0 unspecified atom stereocenters. The van der Waals surface area contributed by atoms with Crippen molar-refractivity contribution >= 4 is 46.6 Å². The van der Waals surface area contributed by atoms with E-state index in [0.29, 0.717) is 21.3 Å². The second kappa shape index (κ2) is 10.1. The highest BCUT2D eigenvalue weighted by Gasteiger charge is 2.11. The quantitative estimate of drug-likeness (QED) is 0.594. The molecule has 148 valence electrons. The third kappa shape index (κ3) is 6.25. The van der Waals surface area contributed by atoms with E-state index in [1.807, 2.05) is 0 Å². The van der Waals surface area contributed by atoms with E-state index in [1.165, 1.54) is 6.07 Å². The summed E-state index contributed by atoms with van der Waals surface area (Å²) in [6.45, 7) is 4.08. The predicted molar refractivity (Wildman–Crippen MR) is 111 cm³/mol. The van der Waals surface area contributed by atoms with Crippen molar-refractivity contribution in [3.8, 4) is 0 Å². The lowest BCUT2D eigenvalue weighted by molar-refractivity contribution is -0.118. The van der Waals surface area contributed by atoms with E-state index in [0.717, 1.165) is 0 Å². The van der Waals surface area contributed by atoms with Crippen LogP contribution < -0.4 is 16.0 Å². The van der Waals surface area contributed by atoms with Gasteiger partial charge in [-0.2, -0.15) is 0 Å². The van der Waals surface area contributed by atoms with Crippen LogP contribution in [0.15, 0.2) is 42.5 Å². The standard InChI is InChI=1S/C20H21Cl2N3O3/c1-12(2)18(26)25-15-6-3-13(4-7-15)19(27)23-9-10-24-20(28)16-11-14(21)5-8-17(16)22/h3-8,11-12H,9-10H2,1-2H3,(H,23,27)(H,24,28)(H,25,26). The van der Waals surface area contributed by atoms with Crippen molar-refractivity contribution < 1.29 is 14.4 Å². The van der Waals surface area contributed by atoms with Crippen LogP contribution >= 0.6 is 23.2 Å². The van der Waals surface area contributed by atoms with E-state index in [1.54, 1.807) is 50.2 Å². The first-order chi connectivity index (χ1) is 13.3. The van der Waals surface area contributed by atoms with Crippen LogP contribution in [-0.4, -0.2) is 30.8 Å². The van der Waals surface area contributed by atoms with Crippen LogP contribution in [0.1, 0.15) is 34.6 Å². The summed E-state index contributed by atoms with van der Waals surface area (Å²) in [5.74, 6) is -0.864. The molecule has 0 aliphatic heterocycles. The number of rotatable bonds is 7. The molecule has 0 bridgehead atoms. The van der Waals surface area contributed by atoms with E-state index in [2.05, 4.69) is 16.0 Å². The minimum absolute atomic E-state index is 0.0900. The van der Waals surface area contributed by atoms with Gasteiger partial charge in [-0.15, -0.1) is 0 Å². The number of benzene rings is 2. The Hall–Kier alpha value is -2.57. The second-order valence-electron chi connectivity index (χ2n) is 6.36. The Morgan fingerprint density at radius 1 is 0.893 bits per heavy atom. The van der Waals surface area contributed by atoms with Crippen LogP contribution in [0, 0.1) is 5.92 Å². The molecule has 2 aromatic carbocycles. The van der Waals surface area contributed by atoms with E-state index < -0.39 is 0 Å². The molecule has 0 spiro atoms. The van der Waals surface area contributed by atoms with Crippen molar-refractivity contribution in [3.05, 3.63) is 63.6 Å². The molecule has 0 saturated carbocycles. The van der Waals surface area contributed by atoms with Gasteiger partial charge in [0.1, 0.15) is 0 Å². The minimum atomic E-state index is -0.369. The minimum Gasteiger partial charge on any atom is -0.350 e. The van der Waals surface area contributed by atoms with Crippen molar-refractivity contribution in [3.63, 3.8) is 0 Å². The molecule has 2 aromatic rings. The molecule has 2 rings (SSSR count). The van der Waals surface area contributed by atoms with Crippen LogP contribution in [0.5, 0.6) is 0 Å². The second-order valence-corrected chi connectivity index (χ2v) is 7.20. The molecule has 28 heavy (non-hydrogen) atoms. The Balaban J connectivity index is 1.80. The highest BCUT2D eigenvalue weighted by molar-refractivity contribution is 6.35. The maximum atomic E-state index is 12.2. The van der Waals surface area contributed by atoms with Crippen LogP contribution in [0.4, 0.5) is 5.69 Å². The molecule has 0 saturated heterocycles. The molecule has 3 N–H and O–H groups in total. The number of carbonyl (C=O) groups is 3. The molecular formula is C20H21Cl2N3O3.